The van der Waals surface area contributed by atoms with Crippen molar-refractivity contribution in [2.75, 3.05) is 32.5 Å². The lowest BCUT2D eigenvalue weighted by molar-refractivity contribution is 0.0942. The fourth-order valence-corrected chi connectivity index (χ4v) is 1.67. The quantitative estimate of drug-likeness (QED) is 0.785. The molecule has 19 heavy (non-hydrogen) atoms. The number of anilines is 1. The Morgan fingerprint density at radius 2 is 2.21 bits per heavy atom. The highest BCUT2D eigenvalue weighted by molar-refractivity contribution is 5.92. The van der Waals surface area contributed by atoms with Crippen molar-refractivity contribution in [3.05, 3.63) is 23.9 Å². The van der Waals surface area contributed by atoms with E-state index in [0.29, 0.717) is 24.1 Å². The predicted octanol–water partition coefficient (Wildman–Crippen LogP) is 1.58. The zero-order valence-electron chi connectivity index (χ0n) is 12.2. The minimum atomic E-state index is -0.130. The van der Waals surface area contributed by atoms with Gasteiger partial charge in [-0.1, -0.05) is 13.0 Å². The Balaban J connectivity index is 2.43. The van der Waals surface area contributed by atoms with Crippen LogP contribution >= 0.6 is 0 Å². The van der Waals surface area contributed by atoms with Crippen LogP contribution in [0.15, 0.2) is 18.2 Å². The van der Waals surface area contributed by atoms with Gasteiger partial charge < -0.3 is 15.5 Å². The number of rotatable bonds is 7. The van der Waals surface area contributed by atoms with Crippen molar-refractivity contribution >= 4 is 11.7 Å². The average molecular weight is 264 g/mol. The Kier molecular flexibility index (Phi) is 6.29. The van der Waals surface area contributed by atoms with Gasteiger partial charge in [0.05, 0.1) is 0 Å². The molecule has 0 saturated heterocycles. The van der Waals surface area contributed by atoms with Crippen molar-refractivity contribution in [1.82, 2.24) is 15.2 Å². The molecule has 1 atom stereocenters. The molecule has 1 amide bonds. The van der Waals surface area contributed by atoms with Crippen LogP contribution in [0.2, 0.25) is 0 Å². The lowest BCUT2D eigenvalue weighted by Crippen LogP contribution is -2.37. The van der Waals surface area contributed by atoms with Gasteiger partial charge in [0.15, 0.2) is 0 Å². The first-order chi connectivity index (χ1) is 9.08. The first kappa shape index (κ1) is 15.4. The monoisotopic (exact) mass is 264 g/mol. The highest BCUT2D eigenvalue weighted by atomic mass is 16.1. The van der Waals surface area contributed by atoms with E-state index in [4.69, 9.17) is 0 Å². The molecule has 0 radical (unpaired) electrons. The molecular weight excluding hydrogens is 240 g/mol. The Bertz CT molecular complexity index is 408. The second kappa shape index (κ2) is 7.74. The van der Waals surface area contributed by atoms with Gasteiger partial charge in [0.1, 0.15) is 11.5 Å². The number of hydrogen-bond donors (Lipinski definition) is 2. The van der Waals surface area contributed by atoms with Crippen LogP contribution in [0.25, 0.3) is 0 Å². The zero-order valence-corrected chi connectivity index (χ0v) is 12.2. The average Bonchev–Trinajstić information content (AvgIpc) is 2.46. The number of pyridine rings is 1. The van der Waals surface area contributed by atoms with E-state index in [-0.39, 0.29) is 5.91 Å². The van der Waals surface area contributed by atoms with E-state index in [1.165, 1.54) is 0 Å². The second-order valence-electron chi connectivity index (χ2n) is 4.65. The topological polar surface area (TPSA) is 57.3 Å². The molecule has 0 spiro atoms. The van der Waals surface area contributed by atoms with Crippen LogP contribution in [0, 0.1) is 0 Å². The maximum Gasteiger partial charge on any atom is 0.270 e. The molecule has 0 aromatic carbocycles. The molecule has 106 valence electrons. The van der Waals surface area contributed by atoms with E-state index in [2.05, 4.69) is 41.4 Å². The molecule has 2 N–H and O–H groups in total. The lowest BCUT2D eigenvalue weighted by Gasteiger charge is -2.23. The molecule has 0 fully saturated rings. The summed E-state index contributed by atoms with van der Waals surface area (Å²) in [5.74, 6) is 0.569. The van der Waals surface area contributed by atoms with Gasteiger partial charge in [-0.05, 0) is 32.5 Å². The third-order valence-corrected chi connectivity index (χ3v) is 3.33. The molecule has 1 rings (SSSR count). The van der Waals surface area contributed by atoms with Crippen molar-refractivity contribution in [1.29, 1.82) is 0 Å². The summed E-state index contributed by atoms with van der Waals surface area (Å²) in [5.41, 5.74) is 0.443. The van der Waals surface area contributed by atoms with Crippen LogP contribution in [0.5, 0.6) is 0 Å². The molecule has 1 heterocycles. The second-order valence-corrected chi connectivity index (χ2v) is 4.65. The lowest BCUT2D eigenvalue weighted by atomic mass is 10.2. The normalized spacial score (nSPS) is 12.3. The fourth-order valence-electron chi connectivity index (χ4n) is 1.67. The van der Waals surface area contributed by atoms with Crippen LogP contribution in [0.1, 0.15) is 30.8 Å². The summed E-state index contributed by atoms with van der Waals surface area (Å²) in [6.45, 7) is 5.81. The van der Waals surface area contributed by atoms with Crippen LogP contribution in [-0.4, -0.2) is 49.0 Å². The molecule has 5 nitrogen and oxygen atoms in total. The van der Waals surface area contributed by atoms with E-state index < -0.39 is 0 Å². The summed E-state index contributed by atoms with van der Waals surface area (Å²) in [6, 6.07) is 5.89. The van der Waals surface area contributed by atoms with Crippen LogP contribution in [0.3, 0.4) is 0 Å². The Morgan fingerprint density at radius 3 is 2.84 bits per heavy atom. The van der Waals surface area contributed by atoms with Crippen LogP contribution in [-0.2, 0) is 0 Å². The Hall–Kier alpha value is -1.62. The zero-order chi connectivity index (χ0) is 14.3. The molecule has 5 heteroatoms. The number of amides is 1. The molecule has 1 aromatic heterocycles. The van der Waals surface area contributed by atoms with Gasteiger partial charge in [-0.15, -0.1) is 0 Å². The van der Waals surface area contributed by atoms with Crippen molar-refractivity contribution in [2.24, 2.45) is 0 Å². The van der Waals surface area contributed by atoms with E-state index in [0.717, 1.165) is 13.0 Å². The Morgan fingerprint density at radius 1 is 1.47 bits per heavy atom. The van der Waals surface area contributed by atoms with Crippen molar-refractivity contribution in [2.45, 2.75) is 26.3 Å². The highest BCUT2D eigenvalue weighted by Gasteiger charge is 2.09. The summed E-state index contributed by atoms with van der Waals surface area (Å²) in [5, 5.41) is 5.81. The first-order valence-corrected chi connectivity index (χ1v) is 6.71. The summed E-state index contributed by atoms with van der Waals surface area (Å²) in [7, 11) is 3.85. The molecule has 0 aliphatic carbocycles. The van der Waals surface area contributed by atoms with Crippen LogP contribution < -0.4 is 10.6 Å². The molecule has 0 saturated carbocycles. The summed E-state index contributed by atoms with van der Waals surface area (Å²) < 4.78 is 0. The summed E-state index contributed by atoms with van der Waals surface area (Å²) in [6.07, 6.45) is 1.11. The van der Waals surface area contributed by atoms with E-state index in [1.54, 1.807) is 13.1 Å². The third kappa shape index (κ3) is 4.87. The molecule has 1 unspecified atom stereocenters. The maximum absolute atomic E-state index is 11.9. The minimum absolute atomic E-state index is 0.130. The maximum atomic E-state index is 11.9. The van der Waals surface area contributed by atoms with Gasteiger partial charge in [0.25, 0.3) is 5.91 Å². The largest absolute Gasteiger partial charge is 0.373 e. The fraction of sp³-hybridized carbons (Fsp3) is 0.571. The number of aromatic nitrogens is 1. The van der Waals surface area contributed by atoms with E-state index in [1.807, 2.05) is 12.1 Å². The van der Waals surface area contributed by atoms with Crippen molar-refractivity contribution in [3.8, 4) is 0 Å². The number of carbonyl (C=O) groups is 1. The van der Waals surface area contributed by atoms with Crippen LogP contribution in [0.4, 0.5) is 5.82 Å². The van der Waals surface area contributed by atoms with Gasteiger partial charge in [-0.2, -0.15) is 0 Å². The van der Waals surface area contributed by atoms with Crippen molar-refractivity contribution < 1.29 is 4.79 Å². The smallest absolute Gasteiger partial charge is 0.270 e. The SMILES string of the molecule is CCC(C)N(C)CCNC(=O)c1cccc(NC)n1. The predicted molar refractivity (Wildman–Crippen MR) is 78.5 cm³/mol. The molecular formula is C14H24N4O. The molecule has 1 aromatic rings. The summed E-state index contributed by atoms with van der Waals surface area (Å²) >= 11 is 0. The van der Waals surface area contributed by atoms with Crippen molar-refractivity contribution in [3.63, 3.8) is 0 Å². The van der Waals surface area contributed by atoms with Gasteiger partial charge in [-0.3, -0.25) is 4.79 Å². The number of nitrogens with zero attached hydrogens (tertiary/aromatic N) is 2. The molecule has 0 aliphatic rings. The van der Waals surface area contributed by atoms with E-state index >= 15 is 0 Å². The van der Waals surface area contributed by atoms with Gasteiger partial charge in [-0.25, -0.2) is 4.98 Å². The number of nitrogens with one attached hydrogen (secondary N) is 2. The molecule has 0 aliphatic heterocycles. The number of hydrogen-bond acceptors (Lipinski definition) is 4. The first-order valence-electron chi connectivity index (χ1n) is 6.71. The van der Waals surface area contributed by atoms with Gasteiger partial charge in [0, 0.05) is 26.2 Å². The minimum Gasteiger partial charge on any atom is -0.373 e. The number of likely N-dealkylation sites (N-methyl/N-ethyl adjacent to an activating group) is 1. The van der Waals surface area contributed by atoms with Gasteiger partial charge in [0.2, 0.25) is 0 Å². The van der Waals surface area contributed by atoms with E-state index in [9.17, 15) is 4.79 Å². The Labute approximate surface area is 115 Å². The summed E-state index contributed by atoms with van der Waals surface area (Å²) in [4.78, 5) is 18.4. The third-order valence-electron chi connectivity index (χ3n) is 3.33. The molecule has 0 bridgehead atoms. The van der Waals surface area contributed by atoms with Gasteiger partial charge >= 0.3 is 0 Å². The standard InChI is InChI=1S/C14H24N4O/c1-5-11(2)18(4)10-9-16-14(19)12-7-6-8-13(15-3)17-12/h6-8,11H,5,9-10H2,1-4H3,(H,15,17)(H,16,19). The highest BCUT2D eigenvalue weighted by Crippen LogP contribution is 2.03. The number of carbonyl (C=O) groups excluding carboxylic acids is 1.